The van der Waals surface area contributed by atoms with Crippen molar-refractivity contribution in [2.24, 2.45) is 5.73 Å². The summed E-state index contributed by atoms with van der Waals surface area (Å²) in [7, 11) is 0. The van der Waals surface area contributed by atoms with Gasteiger partial charge in [-0.2, -0.15) is 0 Å². The first-order valence-corrected chi connectivity index (χ1v) is 7.03. The number of para-hydroxylation sites is 2. The molecule has 2 rings (SSSR count). The summed E-state index contributed by atoms with van der Waals surface area (Å²) in [5.74, 6) is 0.360. The highest BCUT2D eigenvalue weighted by Crippen LogP contribution is 2.23. The summed E-state index contributed by atoms with van der Waals surface area (Å²) >= 11 is 5.97. The van der Waals surface area contributed by atoms with Crippen molar-refractivity contribution in [3.63, 3.8) is 0 Å². The van der Waals surface area contributed by atoms with E-state index in [1.807, 2.05) is 42.5 Å². The fourth-order valence-corrected chi connectivity index (χ4v) is 1.94. The first-order valence-electron chi connectivity index (χ1n) is 6.65. The molecule has 1 unspecified atom stereocenters. The number of benzene rings is 2. The lowest BCUT2D eigenvalue weighted by atomic mass is 10.2. The lowest BCUT2D eigenvalue weighted by Gasteiger charge is -2.13. The summed E-state index contributed by atoms with van der Waals surface area (Å²) in [6.07, 6.45) is 0.407. The van der Waals surface area contributed by atoms with Crippen LogP contribution in [0, 0.1) is 0 Å². The van der Waals surface area contributed by atoms with E-state index in [0.717, 1.165) is 5.69 Å². The fourth-order valence-electron chi connectivity index (χ4n) is 1.75. The first kappa shape index (κ1) is 15.4. The zero-order valence-electron chi connectivity index (χ0n) is 11.5. The summed E-state index contributed by atoms with van der Waals surface area (Å²) in [4.78, 5) is 11.9. The molecule has 3 N–H and O–H groups in total. The Hall–Kier alpha value is -2.04. The third-order valence-corrected chi connectivity index (χ3v) is 3.21. The van der Waals surface area contributed by atoms with Crippen LogP contribution >= 0.6 is 11.6 Å². The molecule has 0 bridgehead atoms. The predicted octanol–water partition coefficient (Wildman–Crippen LogP) is 3.07. The molecule has 0 heterocycles. The molecule has 4 nitrogen and oxygen atoms in total. The second-order valence-corrected chi connectivity index (χ2v) is 4.94. The van der Waals surface area contributed by atoms with E-state index >= 15 is 0 Å². The van der Waals surface area contributed by atoms with Crippen molar-refractivity contribution < 1.29 is 9.53 Å². The van der Waals surface area contributed by atoms with E-state index in [-0.39, 0.29) is 5.91 Å². The lowest BCUT2D eigenvalue weighted by Crippen LogP contribution is -2.36. The van der Waals surface area contributed by atoms with Gasteiger partial charge in [-0.05, 0) is 24.3 Å². The van der Waals surface area contributed by atoms with E-state index in [2.05, 4.69) is 5.32 Å². The monoisotopic (exact) mass is 304 g/mol. The number of carbonyl (C=O) groups excluding carboxylic acids is 1. The highest BCUT2D eigenvalue weighted by molar-refractivity contribution is 6.32. The van der Waals surface area contributed by atoms with Gasteiger partial charge < -0.3 is 15.8 Å². The van der Waals surface area contributed by atoms with E-state index in [4.69, 9.17) is 22.1 Å². The molecule has 1 amide bonds. The highest BCUT2D eigenvalue weighted by Gasteiger charge is 2.13. The van der Waals surface area contributed by atoms with Gasteiger partial charge in [0.1, 0.15) is 5.75 Å². The molecule has 0 saturated carbocycles. The third kappa shape index (κ3) is 4.77. The maximum atomic E-state index is 11.9. The predicted molar refractivity (Wildman–Crippen MR) is 84.6 cm³/mol. The molecule has 0 saturated heterocycles. The molecular weight excluding hydrogens is 288 g/mol. The Labute approximate surface area is 128 Å². The minimum atomic E-state index is -0.632. The van der Waals surface area contributed by atoms with Crippen LogP contribution in [0.1, 0.15) is 6.42 Å². The zero-order valence-corrected chi connectivity index (χ0v) is 12.2. The molecule has 21 heavy (non-hydrogen) atoms. The average molecular weight is 305 g/mol. The van der Waals surface area contributed by atoms with E-state index in [9.17, 15) is 4.79 Å². The van der Waals surface area contributed by atoms with Gasteiger partial charge in [-0.3, -0.25) is 4.79 Å². The second kappa shape index (κ2) is 7.67. The second-order valence-electron chi connectivity index (χ2n) is 4.53. The van der Waals surface area contributed by atoms with Crippen LogP contribution in [0.2, 0.25) is 5.02 Å². The summed E-state index contributed by atoms with van der Waals surface area (Å²) in [6, 6.07) is 15.8. The van der Waals surface area contributed by atoms with Crippen LogP contribution in [0.5, 0.6) is 5.75 Å². The number of rotatable bonds is 6. The highest BCUT2D eigenvalue weighted by atomic mass is 35.5. The number of amides is 1. The normalized spacial score (nSPS) is 11.7. The Balaban J connectivity index is 1.78. The van der Waals surface area contributed by atoms with E-state index < -0.39 is 6.04 Å². The standard InChI is InChI=1S/C16H17ClN2O2/c17-13-8-4-5-9-15(13)21-11-10-14(18)16(20)19-12-6-2-1-3-7-12/h1-9,14H,10-11,18H2,(H,19,20). The molecule has 2 aromatic carbocycles. The van der Waals surface area contributed by atoms with Crippen molar-refractivity contribution in [2.45, 2.75) is 12.5 Å². The Morgan fingerprint density at radius 1 is 1.14 bits per heavy atom. The number of carbonyl (C=O) groups is 1. The van der Waals surface area contributed by atoms with Gasteiger partial charge in [0.15, 0.2) is 0 Å². The summed E-state index contributed by atoms with van der Waals surface area (Å²) in [6.45, 7) is 0.326. The zero-order chi connectivity index (χ0) is 15.1. The number of hydrogen-bond acceptors (Lipinski definition) is 3. The van der Waals surface area contributed by atoms with E-state index in [1.165, 1.54) is 0 Å². The minimum absolute atomic E-state index is 0.232. The van der Waals surface area contributed by atoms with Crippen LogP contribution in [-0.2, 0) is 4.79 Å². The van der Waals surface area contributed by atoms with E-state index in [0.29, 0.717) is 23.8 Å². The van der Waals surface area contributed by atoms with Crippen LogP contribution in [0.15, 0.2) is 54.6 Å². The minimum Gasteiger partial charge on any atom is -0.492 e. The third-order valence-electron chi connectivity index (χ3n) is 2.90. The Morgan fingerprint density at radius 3 is 2.52 bits per heavy atom. The Bertz CT molecular complexity index is 590. The number of anilines is 1. The summed E-state index contributed by atoms with van der Waals surface area (Å²) in [5.41, 5.74) is 6.57. The van der Waals surface area contributed by atoms with Crippen molar-refractivity contribution in [1.82, 2.24) is 0 Å². The van der Waals surface area contributed by atoms with Crippen molar-refractivity contribution >= 4 is 23.2 Å². The van der Waals surface area contributed by atoms with Gasteiger partial charge >= 0.3 is 0 Å². The van der Waals surface area contributed by atoms with Crippen molar-refractivity contribution in [2.75, 3.05) is 11.9 Å². The van der Waals surface area contributed by atoms with Crippen LogP contribution in [0.3, 0.4) is 0 Å². The SMILES string of the molecule is NC(CCOc1ccccc1Cl)C(=O)Nc1ccccc1. The van der Waals surface area contributed by atoms with Gasteiger partial charge in [0, 0.05) is 12.1 Å². The first-order chi connectivity index (χ1) is 10.2. The van der Waals surface area contributed by atoms with E-state index in [1.54, 1.807) is 12.1 Å². The van der Waals surface area contributed by atoms with Crippen LogP contribution in [0.25, 0.3) is 0 Å². The quantitative estimate of drug-likeness (QED) is 0.862. The van der Waals surface area contributed by atoms with Crippen LogP contribution in [-0.4, -0.2) is 18.6 Å². The maximum absolute atomic E-state index is 11.9. The molecular formula is C16H17ClN2O2. The summed E-state index contributed by atoms with van der Waals surface area (Å²) in [5, 5.41) is 3.30. The molecule has 0 aliphatic heterocycles. The van der Waals surface area contributed by atoms with Crippen LogP contribution in [0.4, 0.5) is 5.69 Å². The smallest absolute Gasteiger partial charge is 0.241 e. The van der Waals surface area contributed by atoms with Crippen molar-refractivity contribution in [3.05, 3.63) is 59.6 Å². The number of nitrogens with two attached hydrogens (primary N) is 1. The number of ether oxygens (including phenoxy) is 1. The molecule has 0 spiro atoms. The molecule has 0 aromatic heterocycles. The summed E-state index contributed by atoms with van der Waals surface area (Å²) < 4.78 is 5.52. The average Bonchev–Trinajstić information content (AvgIpc) is 2.50. The van der Waals surface area contributed by atoms with Gasteiger partial charge in [-0.25, -0.2) is 0 Å². The van der Waals surface area contributed by atoms with Crippen molar-refractivity contribution in [1.29, 1.82) is 0 Å². The molecule has 5 heteroatoms. The number of nitrogens with one attached hydrogen (secondary N) is 1. The molecule has 1 atom stereocenters. The largest absolute Gasteiger partial charge is 0.492 e. The lowest BCUT2D eigenvalue weighted by molar-refractivity contribution is -0.117. The van der Waals surface area contributed by atoms with Crippen LogP contribution < -0.4 is 15.8 Å². The van der Waals surface area contributed by atoms with Gasteiger partial charge in [0.25, 0.3) is 0 Å². The van der Waals surface area contributed by atoms with Gasteiger partial charge in [0.05, 0.1) is 17.7 Å². The molecule has 2 aromatic rings. The fraction of sp³-hybridized carbons (Fsp3) is 0.188. The molecule has 0 aliphatic carbocycles. The van der Waals surface area contributed by atoms with Gasteiger partial charge in [-0.1, -0.05) is 41.9 Å². The molecule has 0 radical (unpaired) electrons. The Morgan fingerprint density at radius 2 is 1.81 bits per heavy atom. The van der Waals surface area contributed by atoms with Gasteiger partial charge in [-0.15, -0.1) is 0 Å². The molecule has 0 aliphatic rings. The van der Waals surface area contributed by atoms with Gasteiger partial charge in [0.2, 0.25) is 5.91 Å². The number of hydrogen-bond donors (Lipinski definition) is 2. The molecule has 0 fully saturated rings. The van der Waals surface area contributed by atoms with Crippen molar-refractivity contribution in [3.8, 4) is 5.75 Å². The maximum Gasteiger partial charge on any atom is 0.241 e. The Kier molecular flexibility index (Phi) is 5.60. The molecule has 110 valence electrons. The topological polar surface area (TPSA) is 64.3 Å². The number of halogens is 1.